The molecule has 0 saturated carbocycles. The van der Waals surface area contributed by atoms with Gasteiger partial charge in [-0.25, -0.2) is 0 Å². The third-order valence-corrected chi connectivity index (χ3v) is 3.46. The summed E-state index contributed by atoms with van der Waals surface area (Å²) in [4.78, 5) is 16.4. The summed E-state index contributed by atoms with van der Waals surface area (Å²) in [7, 11) is 0. The third-order valence-electron chi connectivity index (χ3n) is 3.46. The molecule has 2 aromatic carbocycles. The van der Waals surface area contributed by atoms with Gasteiger partial charge in [0.05, 0.1) is 6.54 Å². The molecule has 116 valence electrons. The van der Waals surface area contributed by atoms with Crippen LogP contribution in [0.1, 0.15) is 27.4 Å². The predicted octanol–water partition coefficient (Wildman–Crippen LogP) is 3.28. The average Bonchev–Trinajstić information content (AvgIpc) is 3.02. The first-order chi connectivity index (χ1) is 11.1. The van der Waals surface area contributed by atoms with Gasteiger partial charge in [-0.1, -0.05) is 52.7 Å². The van der Waals surface area contributed by atoms with Crippen molar-refractivity contribution in [3.8, 4) is 11.4 Å². The fourth-order valence-corrected chi connectivity index (χ4v) is 2.19. The molecule has 0 unspecified atom stereocenters. The second-order valence-corrected chi connectivity index (χ2v) is 5.43. The zero-order valence-corrected chi connectivity index (χ0v) is 13.0. The molecular formula is C18H17N3O2. The number of rotatable bonds is 4. The molecule has 3 aromatic rings. The Kier molecular flexibility index (Phi) is 4.19. The summed E-state index contributed by atoms with van der Waals surface area (Å²) in [6.07, 6.45) is 0. The summed E-state index contributed by atoms with van der Waals surface area (Å²) in [5.41, 5.74) is 3.71. The molecule has 5 nitrogen and oxygen atoms in total. The smallest absolute Gasteiger partial charge is 0.251 e. The van der Waals surface area contributed by atoms with Gasteiger partial charge in [0.2, 0.25) is 11.7 Å². The van der Waals surface area contributed by atoms with Crippen LogP contribution in [0, 0.1) is 13.8 Å². The van der Waals surface area contributed by atoms with Gasteiger partial charge in [-0.3, -0.25) is 4.79 Å². The number of nitrogens with one attached hydrogen (secondary N) is 1. The SMILES string of the molecule is Cc1ccc(-c2noc(CNC(=O)c3cccc(C)c3)n2)cc1. The molecule has 1 N–H and O–H groups in total. The van der Waals surface area contributed by atoms with Crippen molar-refractivity contribution in [3.05, 3.63) is 71.1 Å². The van der Waals surface area contributed by atoms with Gasteiger partial charge in [-0.05, 0) is 26.0 Å². The van der Waals surface area contributed by atoms with Gasteiger partial charge < -0.3 is 9.84 Å². The highest BCUT2D eigenvalue weighted by Gasteiger charge is 2.11. The monoisotopic (exact) mass is 307 g/mol. The Morgan fingerprint density at radius 1 is 1.09 bits per heavy atom. The maximum Gasteiger partial charge on any atom is 0.251 e. The van der Waals surface area contributed by atoms with Gasteiger partial charge in [-0.15, -0.1) is 0 Å². The lowest BCUT2D eigenvalue weighted by Crippen LogP contribution is -2.22. The molecule has 1 aromatic heterocycles. The Morgan fingerprint density at radius 2 is 1.87 bits per heavy atom. The number of aromatic nitrogens is 2. The quantitative estimate of drug-likeness (QED) is 0.803. The van der Waals surface area contributed by atoms with Crippen LogP contribution in [0.5, 0.6) is 0 Å². The van der Waals surface area contributed by atoms with E-state index in [1.54, 1.807) is 6.07 Å². The first kappa shape index (κ1) is 15.0. The number of carbonyl (C=O) groups excluding carboxylic acids is 1. The molecule has 0 saturated heterocycles. The van der Waals surface area contributed by atoms with Crippen molar-refractivity contribution in [1.82, 2.24) is 15.5 Å². The Hall–Kier alpha value is -2.95. The molecule has 0 radical (unpaired) electrons. The molecule has 0 aliphatic rings. The normalized spacial score (nSPS) is 10.5. The van der Waals surface area contributed by atoms with Gasteiger partial charge in [0, 0.05) is 11.1 Å². The number of aryl methyl sites for hydroxylation is 2. The highest BCUT2D eigenvalue weighted by Crippen LogP contribution is 2.16. The number of benzene rings is 2. The van der Waals surface area contributed by atoms with E-state index < -0.39 is 0 Å². The number of amides is 1. The number of nitrogens with zero attached hydrogens (tertiary/aromatic N) is 2. The van der Waals surface area contributed by atoms with Gasteiger partial charge >= 0.3 is 0 Å². The molecule has 23 heavy (non-hydrogen) atoms. The van der Waals surface area contributed by atoms with Crippen molar-refractivity contribution in [2.75, 3.05) is 0 Å². The molecule has 5 heteroatoms. The van der Waals surface area contributed by atoms with E-state index in [2.05, 4.69) is 15.5 Å². The Morgan fingerprint density at radius 3 is 2.61 bits per heavy atom. The predicted molar refractivity (Wildman–Crippen MR) is 86.8 cm³/mol. The van der Waals surface area contributed by atoms with Crippen LogP contribution >= 0.6 is 0 Å². The Bertz CT molecular complexity index is 822. The van der Waals surface area contributed by atoms with Crippen molar-refractivity contribution in [1.29, 1.82) is 0 Å². The van der Waals surface area contributed by atoms with Crippen molar-refractivity contribution >= 4 is 5.91 Å². The second-order valence-electron chi connectivity index (χ2n) is 5.43. The molecule has 0 fully saturated rings. The molecule has 0 bridgehead atoms. The minimum absolute atomic E-state index is 0.163. The average molecular weight is 307 g/mol. The van der Waals surface area contributed by atoms with Gasteiger partial charge in [0.25, 0.3) is 5.91 Å². The summed E-state index contributed by atoms with van der Waals surface area (Å²) in [5.74, 6) is 0.732. The van der Waals surface area contributed by atoms with Crippen LogP contribution in [0.3, 0.4) is 0 Å². The van der Waals surface area contributed by atoms with E-state index in [0.717, 1.165) is 11.1 Å². The highest BCUT2D eigenvalue weighted by atomic mass is 16.5. The van der Waals surface area contributed by atoms with E-state index in [0.29, 0.717) is 17.3 Å². The van der Waals surface area contributed by atoms with E-state index in [1.807, 2.05) is 56.3 Å². The standard InChI is InChI=1S/C18H17N3O2/c1-12-6-8-14(9-7-12)17-20-16(23-21-17)11-19-18(22)15-5-3-4-13(2)10-15/h3-10H,11H2,1-2H3,(H,19,22). The van der Waals surface area contributed by atoms with Crippen LogP contribution in [0.2, 0.25) is 0 Å². The van der Waals surface area contributed by atoms with Gasteiger partial charge in [0.15, 0.2) is 0 Å². The van der Waals surface area contributed by atoms with E-state index in [9.17, 15) is 4.79 Å². The zero-order valence-electron chi connectivity index (χ0n) is 13.0. The maximum atomic E-state index is 12.1. The van der Waals surface area contributed by atoms with E-state index in [-0.39, 0.29) is 12.5 Å². The summed E-state index contributed by atoms with van der Waals surface area (Å²) >= 11 is 0. The number of carbonyl (C=O) groups is 1. The molecule has 3 rings (SSSR count). The van der Waals surface area contributed by atoms with Crippen molar-refractivity contribution in [2.45, 2.75) is 20.4 Å². The van der Waals surface area contributed by atoms with Crippen LogP contribution in [-0.4, -0.2) is 16.0 Å². The minimum atomic E-state index is -0.163. The maximum absolute atomic E-state index is 12.1. The van der Waals surface area contributed by atoms with Crippen LogP contribution < -0.4 is 5.32 Å². The van der Waals surface area contributed by atoms with Crippen molar-refractivity contribution < 1.29 is 9.32 Å². The minimum Gasteiger partial charge on any atom is -0.343 e. The lowest BCUT2D eigenvalue weighted by Gasteiger charge is -2.02. The number of hydrogen-bond donors (Lipinski definition) is 1. The van der Waals surface area contributed by atoms with Crippen LogP contribution in [0.25, 0.3) is 11.4 Å². The van der Waals surface area contributed by atoms with Crippen LogP contribution in [0.4, 0.5) is 0 Å². The summed E-state index contributed by atoms with van der Waals surface area (Å²) in [6.45, 7) is 4.17. The summed E-state index contributed by atoms with van der Waals surface area (Å²) in [6, 6.07) is 15.3. The molecule has 0 atom stereocenters. The van der Waals surface area contributed by atoms with Crippen molar-refractivity contribution in [2.24, 2.45) is 0 Å². The Balaban J connectivity index is 1.65. The molecule has 1 amide bonds. The first-order valence-corrected chi connectivity index (χ1v) is 7.36. The van der Waals surface area contributed by atoms with Crippen molar-refractivity contribution in [3.63, 3.8) is 0 Å². The molecular weight excluding hydrogens is 290 g/mol. The fraction of sp³-hybridized carbons (Fsp3) is 0.167. The molecule has 0 aliphatic carbocycles. The molecule has 1 heterocycles. The first-order valence-electron chi connectivity index (χ1n) is 7.36. The topological polar surface area (TPSA) is 68.0 Å². The largest absolute Gasteiger partial charge is 0.343 e. The van der Waals surface area contributed by atoms with Crippen LogP contribution in [0.15, 0.2) is 53.1 Å². The molecule has 0 aliphatic heterocycles. The van der Waals surface area contributed by atoms with E-state index in [1.165, 1.54) is 5.56 Å². The Labute approximate surface area is 134 Å². The highest BCUT2D eigenvalue weighted by molar-refractivity contribution is 5.94. The fourth-order valence-electron chi connectivity index (χ4n) is 2.19. The van der Waals surface area contributed by atoms with E-state index >= 15 is 0 Å². The van der Waals surface area contributed by atoms with Crippen LogP contribution in [-0.2, 0) is 6.54 Å². The summed E-state index contributed by atoms with van der Waals surface area (Å²) in [5, 5.41) is 6.72. The third kappa shape index (κ3) is 3.63. The lowest BCUT2D eigenvalue weighted by atomic mass is 10.1. The van der Waals surface area contributed by atoms with Gasteiger partial charge in [0.1, 0.15) is 0 Å². The second kappa shape index (κ2) is 6.44. The lowest BCUT2D eigenvalue weighted by molar-refractivity contribution is 0.0946. The molecule has 0 spiro atoms. The van der Waals surface area contributed by atoms with E-state index in [4.69, 9.17) is 4.52 Å². The van der Waals surface area contributed by atoms with Gasteiger partial charge in [-0.2, -0.15) is 4.98 Å². The summed E-state index contributed by atoms with van der Waals surface area (Å²) < 4.78 is 5.18. The zero-order chi connectivity index (χ0) is 16.2. The number of hydrogen-bond acceptors (Lipinski definition) is 4.